The van der Waals surface area contributed by atoms with Crippen molar-refractivity contribution in [1.82, 2.24) is 9.80 Å². The SMILES string of the molecule is NCCOCC(N(CC(=O)[O-])CC(=O)[O-])C(O)(CO)C(COCCN)N(CC(=O)[O-])CC(=O)[O-].[Mg+2].[Mg+2]. The molecule has 18 heteroatoms. The fourth-order valence-electron chi connectivity index (χ4n) is 3.34. The average molecular weight is 543 g/mol. The van der Waals surface area contributed by atoms with E-state index in [-0.39, 0.29) is 72.4 Å². The van der Waals surface area contributed by atoms with Crippen molar-refractivity contribution >= 4 is 70.0 Å². The molecule has 0 aromatic rings. The second-order valence-electron chi connectivity index (χ2n) is 7.21. The third-order valence-electron chi connectivity index (χ3n) is 4.69. The Morgan fingerprint density at radius 3 is 1.19 bits per heavy atom. The van der Waals surface area contributed by atoms with Crippen molar-refractivity contribution in [2.45, 2.75) is 17.7 Å². The molecule has 198 valence electrons. The van der Waals surface area contributed by atoms with Gasteiger partial charge in [0, 0.05) is 39.3 Å². The van der Waals surface area contributed by atoms with Crippen LogP contribution in [0.1, 0.15) is 0 Å². The number of nitrogens with zero attached hydrogens (tertiary/aromatic N) is 2. The van der Waals surface area contributed by atoms with Crippen molar-refractivity contribution in [3.05, 3.63) is 0 Å². The summed E-state index contributed by atoms with van der Waals surface area (Å²) in [4.78, 5) is 46.3. The summed E-state index contributed by atoms with van der Waals surface area (Å²) in [7, 11) is 0. The van der Waals surface area contributed by atoms with Crippen molar-refractivity contribution in [2.75, 3.05) is 72.3 Å². The van der Waals surface area contributed by atoms with Gasteiger partial charge in [-0.05, 0) is 0 Å². The molecule has 0 fully saturated rings. The molecule has 0 bridgehead atoms. The van der Waals surface area contributed by atoms with Crippen LogP contribution in [0.4, 0.5) is 0 Å². The normalized spacial score (nSPS) is 14.3. The minimum Gasteiger partial charge on any atom is -0.549 e. The monoisotopic (exact) mass is 542 g/mol. The molecule has 0 aromatic carbocycles. The summed E-state index contributed by atoms with van der Waals surface area (Å²) in [5.74, 6) is -7.05. The summed E-state index contributed by atoms with van der Waals surface area (Å²) in [6.07, 6.45) is 0. The van der Waals surface area contributed by atoms with Crippen LogP contribution in [0.25, 0.3) is 0 Å². The second kappa shape index (κ2) is 21.1. The number of hydrogen-bond acceptors (Lipinski definition) is 16. The zero-order valence-electron chi connectivity index (χ0n) is 19.9. The number of rotatable bonds is 21. The summed E-state index contributed by atoms with van der Waals surface area (Å²) in [5.41, 5.74) is 8.07. The summed E-state index contributed by atoms with van der Waals surface area (Å²) >= 11 is 0. The summed E-state index contributed by atoms with van der Waals surface area (Å²) in [6.45, 7) is -7.08. The van der Waals surface area contributed by atoms with E-state index in [1.54, 1.807) is 0 Å². The Morgan fingerprint density at radius 2 is 1.00 bits per heavy atom. The van der Waals surface area contributed by atoms with Gasteiger partial charge in [-0.3, -0.25) is 9.80 Å². The second-order valence-corrected chi connectivity index (χ2v) is 7.21. The van der Waals surface area contributed by atoms with E-state index < -0.39 is 87.6 Å². The average Bonchev–Trinajstić information content (AvgIpc) is 2.71. The minimum atomic E-state index is -2.63. The van der Waals surface area contributed by atoms with Gasteiger partial charge in [-0.15, -0.1) is 0 Å². The molecule has 0 saturated heterocycles. The fraction of sp³-hybridized carbons (Fsp3) is 0.778. The molecule has 0 aliphatic rings. The van der Waals surface area contributed by atoms with E-state index in [2.05, 4.69) is 0 Å². The Labute approximate surface area is 239 Å². The first-order valence-electron chi connectivity index (χ1n) is 10.1. The van der Waals surface area contributed by atoms with E-state index in [4.69, 9.17) is 20.9 Å². The van der Waals surface area contributed by atoms with Crippen LogP contribution >= 0.6 is 0 Å². The molecule has 0 spiro atoms. The van der Waals surface area contributed by atoms with E-state index in [1.807, 2.05) is 0 Å². The van der Waals surface area contributed by atoms with Crippen LogP contribution in [-0.2, 0) is 28.7 Å². The summed E-state index contributed by atoms with van der Waals surface area (Å²) in [6, 6.07) is -3.37. The maximum atomic E-state index is 11.5. The first-order chi connectivity index (χ1) is 15.9. The predicted molar refractivity (Wildman–Crippen MR) is 114 cm³/mol. The standard InChI is InChI=1S/C18H34N4O12.2Mg/c19-1-3-33-9-12(21(5-14(24)25)6-15(26)27)18(32,11-23)13(10-34-4-2-20)22(7-16(28)29)8-17(30)31;;/h12-13,23,32H,1-11,19-20H2,(H,24,25)(H,26,27)(H,28,29)(H,30,31);;/q;2*+2/p-4. The van der Waals surface area contributed by atoms with Crippen LogP contribution < -0.4 is 31.9 Å². The van der Waals surface area contributed by atoms with Gasteiger partial charge in [-0.2, -0.15) is 0 Å². The summed E-state index contributed by atoms with van der Waals surface area (Å²) in [5, 5.41) is 66.7. The predicted octanol–water partition coefficient (Wildman–Crippen LogP) is -10.8. The summed E-state index contributed by atoms with van der Waals surface area (Å²) < 4.78 is 10.5. The Kier molecular flexibility index (Phi) is 23.2. The molecule has 36 heavy (non-hydrogen) atoms. The Hall–Kier alpha value is -0.908. The van der Waals surface area contributed by atoms with Gasteiger partial charge in [-0.1, -0.05) is 0 Å². The molecule has 0 aliphatic heterocycles. The molecule has 0 heterocycles. The van der Waals surface area contributed by atoms with Crippen LogP contribution in [0, 0.1) is 0 Å². The number of carboxylic acids is 4. The van der Waals surface area contributed by atoms with Gasteiger partial charge in [0.1, 0.15) is 5.60 Å². The van der Waals surface area contributed by atoms with Gasteiger partial charge >= 0.3 is 46.1 Å². The van der Waals surface area contributed by atoms with E-state index >= 15 is 0 Å². The van der Waals surface area contributed by atoms with E-state index in [1.165, 1.54) is 0 Å². The van der Waals surface area contributed by atoms with Crippen LogP contribution in [0.2, 0.25) is 0 Å². The molecule has 2 atom stereocenters. The number of carboxylic acid groups (broad SMARTS) is 4. The number of aliphatic hydroxyl groups excluding tert-OH is 1. The Bertz CT molecular complexity index is 594. The molecule has 0 aromatic heterocycles. The first-order valence-corrected chi connectivity index (χ1v) is 10.1. The van der Waals surface area contributed by atoms with Crippen molar-refractivity contribution in [3.8, 4) is 0 Å². The van der Waals surface area contributed by atoms with Crippen molar-refractivity contribution in [2.24, 2.45) is 11.5 Å². The van der Waals surface area contributed by atoms with E-state index in [9.17, 15) is 49.8 Å². The van der Waals surface area contributed by atoms with Gasteiger partial charge < -0.3 is 70.8 Å². The van der Waals surface area contributed by atoms with Gasteiger partial charge in [0.2, 0.25) is 0 Å². The van der Waals surface area contributed by atoms with Crippen LogP contribution in [-0.4, -0.2) is 180 Å². The van der Waals surface area contributed by atoms with Gasteiger partial charge in [0.05, 0.1) is 69.0 Å². The van der Waals surface area contributed by atoms with Crippen LogP contribution in [0.15, 0.2) is 0 Å². The number of nitrogens with two attached hydrogens (primary N) is 2. The topological polar surface area (TPSA) is 278 Å². The minimum absolute atomic E-state index is 0. The van der Waals surface area contributed by atoms with Crippen molar-refractivity contribution in [3.63, 3.8) is 0 Å². The number of aliphatic carboxylic acids is 4. The van der Waals surface area contributed by atoms with Crippen LogP contribution in [0.3, 0.4) is 0 Å². The third-order valence-corrected chi connectivity index (χ3v) is 4.69. The molecule has 0 rings (SSSR count). The van der Waals surface area contributed by atoms with E-state index in [0.717, 1.165) is 0 Å². The number of carbonyl (C=O) groups excluding carboxylic acids is 4. The maximum Gasteiger partial charge on any atom is 2.00 e. The number of ether oxygens (including phenoxy) is 2. The fourth-order valence-corrected chi connectivity index (χ4v) is 3.34. The first kappa shape index (κ1) is 39.6. The van der Waals surface area contributed by atoms with Crippen molar-refractivity contribution < 1.29 is 59.3 Å². The molecule has 16 nitrogen and oxygen atoms in total. The van der Waals surface area contributed by atoms with Gasteiger partial charge in [-0.25, -0.2) is 0 Å². The zero-order chi connectivity index (χ0) is 26.3. The largest absolute Gasteiger partial charge is 2.00 e. The molecular weight excluding hydrogens is 513 g/mol. The molecular formula is C18H30Mg2N4O12. The Balaban J connectivity index is -0.00000544. The molecule has 0 radical (unpaired) electrons. The number of hydrogen-bond donors (Lipinski definition) is 4. The smallest absolute Gasteiger partial charge is 0.549 e. The van der Waals surface area contributed by atoms with Gasteiger partial charge in [0.25, 0.3) is 0 Å². The molecule has 0 aliphatic carbocycles. The molecule has 0 saturated carbocycles. The van der Waals surface area contributed by atoms with Crippen molar-refractivity contribution in [1.29, 1.82) is 0 Å². The zero-order valence-corrected chi connectivity index (χ0v) is 22.7. The molecule has 0 amide bonds. The third kappa shape index (κ3) is 14.7. The molecule has 6 N–H and O–H groups in total. The molecule has 2 unspecified atom stereocenters. The number of aliphatic hydroxyl groups is 2. The maximum absolute atomic E-state index is 11.5. The Morgan fingerprint density at radius 1 is 0.722 bits per heavy atom. The van der Waals surface area contributed by atoms with Gasteiger partial charge in [0.15, 0.2) is 0 Å². The number of carbonyl (C=O) groups is 4. The van der Waals surface area contributed by atoms with E-state index in [0.29, 0.717) is 9.80 Å². The van der Waals surface area contributed by atoms with Crippen LogP contribution in [0.5, 0.6) is 0 Å². The quantitative estimate of drug-likeness (QED) is 0.0772.